The topological polar surface area (TPSA) is 35.6 Å². The highest BCUT2D eigenvalue weighted by molar-refractivity contribution is 5.81. The first-order valence-corrected chi connectivity index (χ1v) is 10.3. The molecule has 2 aromatic carbocycles. The van der Waals surface area contributed by atoms with Gasteiger partial charge in [-0.05, 0) is 55.2 Å². The molecular formula is C23H27F2N3O. The van der Waals surface area contributed by atoms with Crippen LogP contribution in [-0.4, -0.2) is 54.0 Å². The molecule has 0 spiro atoms. The number of carbonyl (C=O) groups is 1. The Kier molecular flexibility index (Phi) is 5.92. The Morgan fingerprint density at radius 3 is 1.76 bits per heavy atom. The summed E-state index contributed by atoms with van der Waals surface area (Å²) in [7, 11) is 0. The molecule has 154 valence electrons. The minimum absolute atomic E-state index is 0.0750. The van der Waals surface area contributed by atoms with Gasteiger partial charge >= 0.3 is 0 Å². The lowest BCUT2D eigenvalue weighted by molar-refractivity contribution is -0.126. The van der Waals surface area contributed by atoms with Gasteiger partial charge in [-0.1, -0.05) is 24.3 Å². The highest BCUT2D eigenvalue weighted by atomic mass is 19.1. The summed E-state index contributed by atoms with van der Waals surface area (Å²) in [5.41, 5.74) is 1.96. The summed E-state index contributed by atoms with van der Waals surface area (Å²) in [5.74, 6) is -0.437. The van der Waals surface area contributed by atoms with Crippen LogP contribution in [0.2, 0.25) is 0 Å². The molecule has 2 aliphatic rings. The minimum atomic E-state index is -0.271. The van der Waals surface area contributed by atoms with Crippen LogP contribution in [0.5, 0.6) is 0 Å². The summed E-state index contributed by atoms with van der Waals surface area (Å²) in [6, 6.07) is 13.2. The number of piperazine rings is 1. The standard InChI is InChI=1S/C23H27F2N3O/c1-16(23(29)26-21-10-11-21)27-12-14-28(15-13-27)22(17-2-6-19(24)7-3-17)18-4-8-20(25)9-5-18/h2-9,16,21-22H,10-15H2,1H3,(H,26,29)/t16-/m0/s1. The number of hydrogen-bond donors (Lipinski definition) is 1. The van der Waals surface area contributed by atoms with Crippen molar-refractivity contribution in [3.63, 3.8) is 0 Å². The van der Waals surface area contributed by atoms with Gasteiger partial charge in [0.05, 0.1) is 12.1 Å². The molecule has 1 aliphatic heterocycles. The Labute approximate surface area is 170 Å². The average molecular weight is 399 g/mol. The number of hydrogen-bond acceptors (Lipinski definition) is 3. The van der Waals surface area contributed by atoms with Crippen molar-refractivity contribution < 1.29 is 13.6 Å². The van der Waals surface area contributed by atoms with Crippen LogP contribution in [0, 0.1) is 11.6 Å². The van der Waals surface area contributed by atoms with Crippen LogP contribution in [-0.2, 0) is 4.79 Å². The molecule has 1 saturated heterocycles. The maximum absolute atomic E-state index is 13.5. The smallest absolute Gasteiger partial charge is 0.237 e. The molecule has 2 aromatic rings. The summed E-state index contributed by atoms with van der Waals surface area (Å²) in [6.45, 7) is 5.07. The van der Waals surface area contributed by atoms with E-state index in [2.05, 4.69) is 15.1 Å². The van der Waals surface area contributed by atoms with Gasteiger partial charge in [0, 0.05) is 32.2 Å². The second kappa shape index (κ2) is 8.59. The van der Waals surface area contributed by atoms with Crippen LogP contribution in [0.1, 0.15) is 36.9 Å². The van der Waals surface area contributed by atoms with E-state index in [1.54, 1.807) is 24.3 Å². The molecule has 1 aliphatic carbocycles. The predicted octanol–water partition coefficient (Wildman–Crippen LogP) is 3.34. The van der Waals surface area contributed by atoms with Crippen molar-refractivity contribution in [1.82, 2.24) is 15.1 Å². The molecule has 4 nitrogen and oxygen atoms in total. The molecule has 0 bridgehead atoms. The molecule has 1 amide bonds. The first kappa shape index (κ1) is 20.0. The summed E-state index contributed by atoms with van der Waals surface area (Å²) >= 11 is 0. The van der Waals surface area contributed by atoms with Crippen LogP contribution < -0.4 is 5.32 Å². The minimum Gasteiger partial charge on any atom is -0.352 e. The van der Waals surface area contributed by atoms with E-state index in [4.69, 9.17) is 0 Å². The Balaban J connectivity index is 1.48. The van der Waals surface area contributed by atoms with Crippen molar-refractivity contribution in [2.75, 3.05) is 26.2 Å². The van der Waals surface area contributed by atoms with E-state index in [-0.39, 0.29) is 29.6 Å². The number of nitrogens with zero attached hydrogens (tertiary/aromatic N) is 2. The molecule has 1 saturated carbocycles. The summed E-state index contributed by atoms with van der Waals surface area (Å²) < 4.78 is 26.9. The van der Waals surface area contributed by atoms with Crippen LogP contribution in [0.3, 0.4) is 0 Å². The highest BCUT2D eigenvalue weighted by Gasteiger charge is 2.32. The largest absolute Gasteiger partial charge is 0.352 e. The van der Waals surface area contributed by atoms with Crippen molar-refractivity contribution in [2.24, 2.45) is 0 Å². The lowest BCUT2D eigenvalue weighted by Gasteiger charge is -2.41. The Bertz CT molecular complexity index is 783. The van der Waals surface area contributed by atoms with E-state index in [0.717, 1.165) is 50.1 Å². The number of carbonyl (C=O) groups excluding carboxylic acids is 1. The highest BCUT2D eigenvalue weighted by Crippen LogP contribution is 2.30. The first-order valence-electron chi connectivity index (χ1n) is 10.3. The zero-order valence-corrected chi connectivity index (χ0v) is 16.7. The zero-order chi connectivity index (χ0) is 20.4. The molecule has 1 heterocycles. The number of rotatable bonds is 6. The summed E-state index contributed by atoms with van der Waals surface area (Å²) in [5, 5.41) is 3.08. The second-order valence-electron chi connectivity index (χ2n) is 8.04. The van der Waals surface area contributed by atoms with E-state index >= 15 is 0 Å². The molecular weight excluding hydrogens is 372 g/mol. The van der Waals surface area contributed by atoms with Gasteiger partial charge in [0.15, 0.2) is 0 Å². The lowest BCUT2D eigenvalue weighted by atomic mass is 9.96. The van der Waals surface area contributed by atoms with E-state index in [1.165, 1.54) is 24.3 Å². The van der Waals surface area contributed by atoms with Gasteiger partial charge in [-0.3, -0.25) is 14.6 Å². The molecule has 0 unspecified atom stereocenters. The maximum Gasteiger partial charge on any atom is 0.237 e. The van der Waals surface area contributed by atoms with Gasteiger partial charge in [0.25, 0.3) is 0 Å². The molecule has 0 radical (unpaired) electrons. The lowest BCUT2D eigenvalue weighted by Crippen LogP contribution is -2.54. The monoisotopic (exact) mass is 399 g/mol. The number of nitrogens with one attached hydrogen (secondary N) is 1. The van der Waals surface area contributed by atoms with Crippen LogP contribution in [0.15, 0.2) is 48.5 Å². The molecule has 29 heavy (non-hydrogen) atoms. The normalized spacial score (nSPS) is 19.3. The van der Waals surface area contributed by atoms with E-state index < -0.39 is 0 Å². The summed E-state index contributed by atoms with van der Waals surface area (Å²) in [6.07, 6.45) is 2.17. The average Bonchev–Trinajstić information content (AvgIpc) is 3.55. The van der Waals surface area contributed by atoms with Gasteiger partial charge in [0.2, 0.25) is 5.91 Å². The van der Waals surface area contributed by atoms with Crippen LogP contribution in [0.4, 0.5) is 8.78 Å². The van der Waals surface area contributed by atoms with Crippen LogP contribution >= 0.6 is 0 Å². The Morgan fingerprint density at radius 2 is 1.31 bits per heavy atom. The third kappa shape index (κ3) is 4.82. The fraction of sp³-hybridized carbons (Fsp3) is 0.435. The van der Waals surface area contributed by atoms with Gasteiger partial charge in [0.1, 0.15) is 11.6 Å². The molecule has 6 heteroatoms. The third-order valence-electron chi connectivity index (χ3n) is 5.94. The maximum atomic E-state index is 13.5. The van der Waals surface area contributed by atoms with Gasteiger partial charge in [-0.2, -0.15) is 0 Å². The fourth-order valence-corrected chi connectivity index (χ4v) is 4.00. The first-order chi connectivity index (χ1) is 14.0. The molecule has 1 N–H and O–H groups in total. The van der Waals surface area contributed by atoms with E-state index in [1.807, 2.05) is 6.92 Å². The molecule has 4 rings (SSSR count). The predicted molar refractivity (Wildman–Crippen MR) is 108 cm³/mol. The molecule has 2 fully saturated rings. The second-order valence-corrected chi connectivity index (χ2v) is 8.04. The quantitative estimate of drug-likeness (QED) is 0.809. The molecule has 0 aromatic heterocycles. The van der Waals surface area contributed by atoms with Crippen molar-refractivity contribution in [1.29, 1.82) is 0 Å². The van der Waals surface area contributed by atoms with Crippen molar-refractivity contribution in [3.05, 3.63) is 71.3 Å². The number of halogens is 2. The third-order valence-corrected chi connectivity index (χ3v) is 5.94. The Morgan fingerprint density at radius 1 is 0.862 bits per heavy atom. The van der Waals surface area contributed by atoms with Crippen molar-refractivity contribution >= 4 is 5.91 Å². The van der Waals surface area contributed by atoms with Crippen LogP contribution in [0.25, 0.3) is 0 Å². The fourth-order valence-electron chi connectivity index (χ4n) is 4.00. The van der Waals surface area contributed by atoms with E-state index in [9.17, 15) is 13.6 Å². The SMILES string of the molecule is C[C@@H](C(=O)NC1CC1)N1CCN(C(c2ccc(F)cc2)c2ccc(F)cc2)CC1. The number of amides is 1. The summed E-state index contributed by atoms with van der Waals surface area (Å²) in [4.78, 5) is 16.9. The Hall–Kier alpha value is -2.31. The van der Waals surface area contributed by atoms with Crippen molar-refractivity contribution in [3.8, 4) is 0 Å². The van der Waals surface area contributed by atoms with Crippen molar-refractivity contribution in [2.45, 2.75) is 37.9 Å². The molecule has 1 atom stereocenters. The van der Waals surface area contributed by atoms with Gasteiger partial charge in [-0.15, -0.1) is 0 Å². The van der Waals surface area contributed by atoms with E-state index in [0.29, 0.717) is 6.04 Å². The van der Waals surface area contributed by atoms with Gasteiger partial charge < -0.3 is 5.32 Å². The van der Waals surface area contributed by atoms with Gasteiger partial charge in [-0.25, -0.2) is 8.78 Å². The number of benzene rings is 2. The zero-order valence-electron chi connectivity index (χ0n) is 16.7.